The van der Waals surface area contributed by atoms with Crippen molar-refractivity contribution in [3.8, 4) is 5.75 Å². The van der Waals surface area contributed by atoms with Gasteiger partial charge in [0.05, 0.1) is 0 Å². The molecule has 0 saturated carbocycles. The van der Waals surface area contributed by atoms with E-state index in [1.165, 1.54) is 0 Å². The molecule has 0 bridgehead atoms. The maximum Gasteiger partial charge on any atom is 0.120 e. The van der Waals surface area contributed by atoms with Gasteiger partial charge in [0.1, 0.15) is 5.75 Å². The van der Waals surface area contributed by atoms with Gasteiger partial charge in [-0.2, -0.15) is 0 Å². The van der Waals surface area contributed by atoms with Gasteiger partial charge in [0.2, 0.25) is 0 Å². The van der Waals surface area contributed by atoms with Crippen molar-refractivity contribution in [1.29, 1.82) is 0 Å². The van der Waals surface area contributed by atoms with E-state index in [0.717, 1.165) is 16.7 Å². The van der Waals surface area contributed by atoms with E-state index in [0.29, 0.717) is 5.75 Å². The Labute approximate surface area is 78.5 Å². The number of phenols is 1. The molecule has 0 aliphatic carbocycles. The lowest BCUT2D eigenvalue weighted by Crippen LogP contribution is -2.25. The first-order valence-electron chi connectivity index (χ1n) is 4.32. The van der Waals surface area contributed by atoms with Crippen molar-refractivity contribution in [1.82, 2.24) is 5.43 Å². The Balaban J connectivity index is 3.15. The molecule has 0 saturated heterocycles. The standard InChI is InChI=1S/C10H16N2O/c1-6-4-9(8(3)12-11)10(13)5-7(6)2/h4-5,8,12-13H,11H2,1-3H3. The van der Waals surface area contributed by atoms with Crippen LogP contribution in [0.2, 0.25) is 0 Å². The molecule has 0 aliphatic rings. The number of phenolic OH excluding ortho intramolecular Hbond substituents is 1. The van der Waals surface area contributed by atoms with Crippen molar-refractivity contribution in [3.63, 3.8) is 0 Å². The van der Waals surface area contributed by atoms with E-state index >= 15 is 0 Å². The number of hydrogen-bond acceptors (Lipinski definition) is 3. The SMILES string of the molecule is Cc1cc(O)c(C(C)NN)cc1C. The van der Waals surface area contributed by atoms with E-state index in [4.69, 9.17) is 5.84 Å². The largest absolute Gasteiger partial charge is 0.508 e. The summed E-state index contributed by atoms with van der Waals surface area (Å²) in [4.78, 5) is 0. The molecule has 72 valence electrons. The first-order chi connectivity index (χ1) is 6.06. The van der Waals surface area contributed by atoms with Gasteiger partial charge in [-0.25, -0.2) is 0 Å². The predicted octanol–water partition coefficient (Wildman–Crippen LogP) is 1.53. The summed E-state index contributed by atoms with van der Waals surface area (Å²) >= 11 is 0. The Hall–Kier alpha value is -1.06. The van der Waals surface area contributed by atoms with E-state index in [9.17, 15) is 5.11 Å². The monoisotopic (exact) mass is 180 g/mol. The third kappa shape index (κ3) is 1.99. The Bertz CT molecular complexity index is 310. The summed E-state index contributed by atoms with van der Waals surface area (Å²) in [5.41, 5.74) is 5.70. The third-order valence-electron chi connectivity index (χ3n) is 2.36. The summed E-state index contributed by atoms with van der Waals surface area (Å²) in [7, 11) is 0. The van der Waals surface area contributed by atoms with E-state index in [2.05, 4.69) is 5.43 Å². The predicted molar refractivity (Wildman–Crippen MR) is 53.3 cm³/mol. The van der Waals surface area contributed by atoms with Gasteiger partial charge in [0.25, 0.3) is 0 Å². The number of hydrazine groups is 1. The molecule has 13 heavy (non-hydrogen) atoms. The van der Waals surface area contributed by atoms with E-state index < -0.39 is 0 Å². The molecule has 0 aliphatic heterocycles. The highest BCUT2D eigenvalue weighted by Crippen LogP contribution is 2.26. The lowest BCUT2D eigenvalue weighted by molar-refractivity contribution is 0.454. The third-order valence-corrected chi connectivity index (χ3v) is 2.36. The quantitative estimate of drug-likeness (QED) is 0.478. The smallest absolute Gasteiger partial charge is 0.120 e. The second-order valence-electron chi connectivity index (χ2n) is 3.38. The maximum atomic E-state index is 9.62. The second-order valence-corrected chi connectivity index (χ2v) is 3.38. The van der Waals surface area contributed by atoms with Crippen LogP contribution in [0.1, 0.15) is 29.7 Å². The molecular formula is C10H16N2O. The van der Waals surface area contributed by atoms with Gasteiger partial charge in [0, 0.05) is 11.6 Å². The highest BCUT2D eigenvalue weighted by Gasteiger charge is 2.09. The Morgan fingerprint density at radius 3 is 2.38 bits per heavy atom. The number of aromatic hydroxyl groups is 1. The van der Waals surface area contributed by atoms with Crippen LogP contribution < -0.4 is 11.3 Å². The summed E-state index contributed by atoms with van der Waals surface area (Å²) in [6, 6.07) is 3.69. The van der Waals surface area contributed by atoms with Crippen molar-refractivity contribution < 1.29 is 5.11 Å². The lowest BCUT2D eigenvalue weighted by Gasteiger charge is -2.14. The van der Waals surface area contributed by atoms with Crippen LogP contribution in [0.5, 0.6) is 5.75 Å². The van der Waals surface area contributed by atoms with Crippen LogP contribution in [-0.4, -0.2) is 5.11 Å². The number of aryl methyl sites for hydroxylation is 2. The summed E-state index contributed by atoms with van der Waals surface area (Å²) in [6.07, 6.45) is 0. The van der Waals surface area contributed by atoms with E-state index in [1.54, 1.807) is 6.07 Å². The van der Waals surface area contributed by atoms with E-state index in [-0.39, 0.29) is 6.04 Å². The van der Waals surface area contributed by atoms with Crippen molar-refractivity contribution in [2.75, 3.05) is 0 Å². The van der Waals surface area contributed by atoms with Crippen molar-refractivity contribution >= 4 is 0 Å². The second kappa shape index (κ2) is 3.77. The van der Waals surface area contributed by atoms with Crippen LogP contribution in [0.25, 0.3) is 0 Å². The number of benzene rings is 1. The number of hydrogen-bond donors (Lipinski definition) is 3. The topological polar surface area (TPSA) is 58.3 Å². The Kier molecular flexibility index (Phi) is 2.90. The number of rotatable bonds is 2. The zero-order chi connectivity index (χ0) is 10.0. The van der Waals surface area contributed by atoms with Crippen LogP contribution in [0.15, 0.2) is 12.1 Å². The molecule has 3 heteroatoms. The first-order valence-corrected chi connectivity index (χ1v) is 4.32. The molecule has 0 amide bonds. The van der Waals surface area contributed by atoms with Gasteiger partial charge < -0.3 is 5.11 Å². The van der Waals surface area contributed by atoms with Gasteiger partial charge in [-0.1, -0.05) is 6.07 Å². The zero-order valence-electron chi connectivity index (χ0n) is 8.26. The minimum Gasteiger partial charge on any atom is -0.508 e. The molecule has 1 rings (SSSR count). The molecule has 0 aromatic heterocycles. The number of nitrogens with two attached hydrogens (primary N) is 1. The minimum absolute atomic E-state index is 0.0284. The summed E-state index contributed by atoms with van der Waals surface area (Å²) in [5, 5.41) is 9.62. The van der Waals surface area contributed by atoms with Gasteiger partial charge in [-0.15, -0.1) is 0 Å². The minimum atomic E-state index is -0.0284. The molecule has 1 unspecified atom stereocenters. The highest BCUT2D eigenvalue weighted by atomic mass is 16.3. The van der Waals surface area contributed by atoms with Gasteiger partial charge >= 0.3 is 0 Å². The van der Waals surface area contributed by atoms with Gasteiger partial charge in [-0.05, 0) is 38.0 Å². The maximum absolute atomic E-state index is 9.62. The summed E-state index contributed by atoms with van der Waals surface area (Å²) in [6.45, 7) is 5.89. The van der Waals surface area contributed by atoms with Crippen LogP contribution >= 0.6 is 0 Å². The molecule has 1 aromatic rings. The molecule has 1 aromatic carbocycles. The average Bonchev–Trinajstić information content (AvgIpc) is 2.10. The van der Waals surface area contributed by atoms with Gasteiger partial charge in [-0.3, -0.25) is 11.3 Å². The Morgan fingerprint density at radius 2 is 1.85 bits per heavy atom. The molecule has 4 N–H and O–H groups in total. The van der Waals surface area contributed by atoms with Crippen LogP contribution in [-0.2, 0) is 0 Å². The van der Waals surface area contributed by atoms with Crippen molar-refractivity contribution in [2.24, 2.45) is 5.84 Å². The molecule has 1 atom stereocenters. The summed E-state index contributed by atoms with van der Waals surface area (Å²) < 4.78 is 0. The molecular weight excluding hydrogens is 164 g/mol. The normalized spacial score (nSPS) is 12.9. The first kappa shape index (κ1) is 10.0. The fourth-order valence-corrected chi connectivity index (χ4v) is 1.26. The van der Waals surface area contributed by atoms with Gasteiger partial charge in [0.15, 0.2) is 0 Å². The average molecular weight is 180 g/mol. The highest BCUT2D eigenvalue weighted by molar-refractivity contribution is 5.42. The zero-order valence-corrected chi connectivity index (χ0v) is 8.26. The fraction of sp³-hybridized carbons (Fsp3) is 0.400. The van der Waals surface area contributed by atoms with Crippen molar-refractivity contribution in [2.45, 2.75) is 26.8 Å². The van der Waals surface area contributed by atoms with Crippen LogP contribution in [0.4, 0.5) is 0 Å². The van der Waals surface area contributed by atoms with Crippen molar-refractivity contribution in [3.05, 3.63) is 28.8 Å². The lowest BCUT2D eigenvalue weighted by atomic mass is 10.0. The van der Waals surface area contributed by atoms with Crippen LogP contribution in [0.3, 0.4) is 0 Å². The number of nitrogens with one attached hydrogen (secondary N) is 1. The molecule has 3 nitrogen and oxygen atoms in total. The Morgan fingerprint density at radius 1 is 1.31 bits per heavy atom. The molecule has 0 heterocycles. The fourth-order valence-electron chi connectivity index (χ4n) is 1.26. The summed E-state index contributed by atoms with van der Waals surface area (Å²) in [5.74, 6) is 5.60. The molecule has 0 spiro atoms. The molecule has 0 fully saturated rings. The van der Waals surface area contributed by atoms with Crippen LogP contribution in [0, 0.1) is 13.8 Å². The van der Waals surface area contributed by atoms with E-state index in [1.807, 2.05) is 26.8 Å². The molecule has 0 radical (unpaired) electrons.